The number of rotatable bonds is 3. The lowest BCUT2D eigenvalue weighted by Gasteiger charge is -2.20. The average molecular weight is 300 g/mol. The number of sulfonamides is 1. The Hall–Kier alpha value is -1.93. The number of hydrogen-bond acceptors (Lipinski definition) is 4. The molecule has 0 heterocycles. The molecule has 0 unspecified atom stereocenters. The minimum Gasteiger partial charge on any atom is -0.474 e. The Morgan fingerprint density at radius 2 is 1.60 bits per heavy atom. The van der Waals surface area contributed by atoms with Gasteiger partial charge in [0.15, 0.2) is 0 Å². The van der Waals surface area contributed by atoms with Crippen LogP contribution in [0.1, 0.15) is 20.8 Å². The molecule has 1 amide bonds. The topological polar surface area (TPSA) is 113 Å². The molecule has 7 nitrogen and oxygen atoms in total. The van der Waals surface area contributed by atoms with Gasteiger partial charge in [0.05, 0.1) is 4.90 Å². The lowest BCUT2D eigenvalue weighted by molar-refractivity contribution is -0.147. The van der Waals surface area contributed by atoms with Gasteiger partial charge >= 0.3 is 11.9 Å². The van der Waals surface area contributed by atoms with E-state index in [4.69, 9.17) is 5.11 Å². The smallest absolute Gasteiger partial charge is 0.394 e. The number of amides is 1. The Morgan fingerprint density at radius 1 is 1.10 bits per heavy atom. The van der Waals surface area contributed by atoms with Crippen LogP contribution in [0.2, 0.25) is 0 Å². The van der Waals surface area contributed by atoms with E-state index in [9.17, 15) is 18.0 Å². The van der Waals surface area contributed by atoms with Crippen LogP contribution in [0.25, 0.3) is 0 Å². The summed E-state index contributed by atoms with van der Waals surface area (Å²) in [6, 6.07) is 5.20. The molecular weight excluding hydrogens is 284 g/mol. The molecule has 0 fully saturated rings. The lowest BCUT2D eigenvalue weighted by Crippen LogP contribution is -2.40. The number of nitrogens with one attached hydrogen (secondary N) is 2. The normalized spacial score (nSPS) is 11.9. The average Bonchev–Trinajstić information content (AvgIpc) is 2.26. The van der Waals surface area contributed by atoms with Gasteiger partial charge in [0.25, 0.3) is 0 Å². The fraction of sp³-hybridized carbons (Fsp3) is 0.333. The second kappa shape index (κ2) is 5.59. The quantitative estimate of drug-likeness (QED) is 0.714. The van der Waals surface area contributed by atoms with Gasteiger partial charge in [-0.2, -0.15) is 0 Å². The van der Waals surface area contributed by atoms with Gasteiger partial charge in [-0.15, -0.1) is 0 Å². The monoisotopic (exact) mass is 300 g/mol. The van der Waals surface area contributed by atoms with E-state index in [1.165, 1.54) is 24.3 Å². The van der Waals surface area contributed by atoms with Crippen molar-refractivity contribution in [2.24, 2.45) is 0 Å². The van der Waals surface area contributed by atoms with E-state index in [-0.39, 0.29) is 10.6 Å². The Bertz CT molecular complexity index is 614. The SMILES string of the molecule is CC(C)(C)NS(=O)(=O)c1ccc(NC(=O)C(=O)O)cc1. The maximum Gasteiger partial charge on any atom is 0.394 e. The van der Waals surface area contributed by atoms with Gasteiger partial charge in [0.1, 0.15) is 0 Å². The second-order valence-electron chi connectivity index (χ2n) is 5.14. The first-order valence-electron chi connectivity index (χ1n) is 5.69. The molecule has 1 rings (SSSR count). The summed E-state index contributed by atoms with van der Waals surface area (Å²) in [5.74, 6) is -2.80. The van der Waals surface area contributed by atoms with Crippen molar-refractivity contribution in [3.8, 4) is 0 Å². The molecule has 20 heavy (non-hydrogen) atoms. The van der Waals surface area contributed by atoms with Crippen LogP contribution in [-0.4, -0.2) is 30.9 Å². The van der Waals surface area contributed by atoms with Crippen LogP contribution >= 0.6 is 0 Å². The van der Waals surface area contributed by atoms with Gasteiger partial charge < -0.3 is 10.4 Å². The molecule has 110 valence electrons. The first kappa shape index (κ1) is 16.1. The van der Waals surface area contributed by atoms with Crippen molar-refractivity contribution < 1.29 is 23.1 Å². The van der Waals surface area contributed by atoms with E-state index < -0.39 is 27.4 Å². The molecule has 0 spiro atoms. The first-order chi connectivity index (χ1) is 9.01. The number of carboxylic acids is 1. The number of benzene rings is 1. The van der Waals surface area contributed by atoms with Gasteiger partial charge in [0.2, 0.25) is 10.0 Å². The summed E-state index contributed by atoms with van der Waals surface area (Å²) < 4.78 is 26.5. The van der Waals surface area contributed by atoms with Gasteiger partial charge in [-0.25, -0.2) is 17.9 Å². The van der Waals surface area contributed by atoms with Crippen LogP contribution in [0.15, 0.2) is 29.2 Å². The fourth-order valence-corrected chi connectivity index (χ4v) is 2.78. The molecule has 0 radical (unpaired) electrons. The second-order valence-corrected chi connectivity index (χ2v) is 6.82. The summed E-state index contributed by atoms with van der Waals surface area (Å²) in [6.45, 7) is 5.14. The maximum absolute atomic E-state index is 12.0. The molecule has 0 aromatic heterocycles. The summed E-state index contributed by atoms with van der Waals surface area (Å²) in [6.07, 6.45) is 0. The van der Waals surface area contributed by atoms with Crippen molar-refractivity contribution in [2.45, 2.75) is 31.2 Å². The third-order valence-corrected chi connectivity index (χ3v) is 3.83. The molecule has 1 aromatic carbocycles. The highest BCUT2D eigenvalue weighted by Crippen LogP contribution is 2.16. The minimum atomic E-state index is -3.66. The highest BCUT2D eigenvalue weighted by molar-refractivity contribution is 7.89. The van der Waals surface area contributed by atoms with Crippen molar-refractivity contribution in [1.29, 1.82) is 0 Å². The van der Waals surface area contributed by atoms with Crippen molar-refractivity contribution >= 4 is 27.6 Å². The number of hydrogen-bond donors (Lipinski definition) is 3. The number of carbonyl (C=O) groups excluding carboxylic acids is 1. The number of anilines is 1. The molecule has 1 aromatic rings. The third-order valence-electron chi connectivity index (χ3n) is 2.06. The van der Waals surface area contributed by atoms with Crippen LogP contribution in [0.5, 0.6) is 0 Å². The van der Waals surface area contributed by atoms with Crippen LogP contribution < -0.4 is 10.0 Å². The first-order valence-corrected chi connectivity index (χ1v) is 7.18. The predicted molar refractivity (Wildman–Crippen MR) is 72.8 cm³/mol. The largest absolute Gasteiger partial charge is 0.474 e. The van der Waals surface area contributed by atoms with E-state index in [1.807, 2.05) is 0 Å². The molecule has 8 heteroatoms. The van der Waals surface area contributed by atoms with Crippen LogP contribution in [0.3, 0.4) is 0 Å². The van der Waals surface area contributed by atoms with Crippen molar-refractivity contribution in [1.82, 2.24) is 4.72 Å². The molecule has 0 aliphatic carbocycles. The molecule has 0 bridgehead atoms. The van der Waals surface area contributed by atoms with Gasteiger partial charge in [-0.1, -0.05) is 0 Å². The third kappa shape index (κ3) is 4.63. The molecule has 0 saturated heterocycles. The zero-order valence-electron chi connectivity index (χ0n) is 11.3. The van der Waals surface area contributed by atoms with Crippen LogP contribution in [0.4, 0.5) is 5.69 Å². The number of carbonyl (C=O) groups is 2. The van der Waals surface area contributed by atoms with E-state index in [1.54, 1.807) is 20.8 Å². The van der Waals surface area contributed by atoms with E-state index in [0.29, 0.717) is 0 Å². The zero-order chi connectivity index (χ0) is 15.6. The van der Waals surface area contributed by atoms with Crippen LogP contribution in [0, 0.1) is 0 Å². The molecule has 0 atom stereocenters. The lowest BCUT2D eigenvalue weighted by atomic mass is 10.1. The molecular formula is C12H16N2O5S. The van der Waals surface area contributed by atoms with E-state index in [0.717, 1.165) is 0 Å². The molecule has 0 aliphatic heterocycles. The molecule has 0 aliphatic rings. The van der Waals surface area contributed by atoms with Crippen molar-refractivity contribution in [2.75, 3.05) is 5.32 Å². The standard InChI is InChI=1S/C12H16N2O5S/c1-12(2,3)14-20(18,19)9-6-4-8(5-7-9)13-10(15)11(16)17/h4-7,14H,1-3H3,(H,13,15)(H,16,17). The predicted octanol–water partition coefficient (Wildman–Crippen LogP) is 0.786. The number of aliphatic carboxylic acids is 1. The molecule has 3 N–H and O–H groups in total. The van der Waals surface area contributed by atoms with Gasteiger partial charge in [-0.3, -0.25) is 4.79 Å². The molecule has 0 saturated carbocycles. The summed E-state index contributed by atoms with van der Waals surface area (Å²) in [5, 5.41) is 10.6. The highest BCUT2D eigenvalue weighted by atomic mass is 32.2. The fourth-order valence-electron chi connectivity index (χ4n) is 1.36. The Kier molecular flexibility index (Phi) is 4.51. The van der Waals surface area contributed by atoms with Crippen molar-refractivity contribution in [3.63, 3.8) is 0 Å². The van der Waals surface area contributed by atoms with E-state index in [2.05, 4.69) is 10.0 Å². The Labute approximate surface area is 117 Å². The Morgan fingerprint density at radius 3 is 2.00 bits per heavy atom. The van der Waals surface area contributed by atoms with E-state index >= 15 is 0 Å². The highest BCUT2D eigenvalue weighted by Gasteiger charge is 2.22. The summed E-state index contributed by atoms with van der Waals surface area (Å²) in [4.78, 5) is 21.3. The Balaban J connectivity index is 2.92. The minimum absolute atomic E-state index is 0.0285. The van der Waals surface area contributed by atoms with Crippen molar-refractivity contribution in [3.05, 3.63) is 24.3 Å². The van der Waals surface area contributed by atoms with Gasteiger partial charge in [0, 0.05) is 11.2 Å². The summed E-state index contributed by atoms with van der Waals surface area (Å²) in [7, 11) is -3.66. The summed E-state index contributed by atoms with van der Waals surface area (Å²) >= 11 is 0. The number of carboxylic acid groups (broad SMARTS) is 1. The maximum atomic E-state index is 12.0. The zero-order valence-corrected chi connectivity index (χ0v) is 12.1. The van der Waals surface area contributed by atoms with Gasteiger partial charge in [-0.05, 0) is 45.0 Å². The summed E-state index contributed by atoms with van der Waals surface area (Å²) in [5.41, 5.74) is -0.415. The van der Waals surface area contributed by atoms with Crippen LogP contribution in [-0.2, 0) is 19.6 Å².